The van der Waals surface area contributed by atoms with Crippen LogP contribution in [0.4, 0.5) is 4.39 Å². The van der Waals surface area contributed by atoms with Gasteiger partial charge in [0, 0.05) is 48.1 Å². The van der Waals surface area contributed by atoms with E-state index < -0.39 is 12.1 Å². The Balaban J connectivity index is 1.31. The Bertz CT molecular complexity index is 1700. The minimum Gasteiger partial charge on any atom is -0.492 e. The summed E-state index contributed by atoms with van der Waals surface area (Å²) in [5, 5.41) is 9.16. The van der Waals surface area contributed by atoms with Crippen LogP contribution in [0, 0.1) is 19.7 Å². The van der Waals surface area contributed by atoms with E-state index in [-0.39, 0.29) is 23.8 Å². The van der Waals surface area contributed by atoms with Crippen molar-refractivity contribution >= 4 is 5.97 Å². The number of hydrogen-bond acceptors (Lipinski definition) is 5. The molecule has 1 aliphatic heterocycles. The fourth-order valence-electron chi connectivity index (χ4n) is 6.12. The minimum atomic E-state index is -0.861. The molecule has 204 valence electrons. The third-order valence-corrected chi connectivity index (χ3v) is 7.93. The van der Waals surface area contributed by atoms with Gasteiger partial charge in [-0.2, -0.15) is 0 Å². The van der Waals surface area contributed by atoms with E-state index in [2.05, 4.69) is 17.1 Å². The van der Waals surface area contributed by atoms with Gasteiger partial charge in [-0.1, -0.05) is 24.3 Å². The number of ether oxygens (including phenoxy) is 2. The van der Waals surface area contributed by atoms with Gasteiger partial charge in [-0.3, -0.25) is 4.79 Å². The van der Waals surface area contributed by atoms with Crippen LogP contribution in [0.25, 0.3) is 22.3 Å². The summed E-state index contributed by atoms with van der Waals surface area (Å²) in [6.45, 7) is 4.41. The molecule has 2 heterocycles. The standard InChI is InChI=1S/C32H29FN2O5/c1-17-10-19(21-14-34-32(38)35(3)15-21)11-18(2)30(17)24-6-8-26(33)31-25(24)7-9-27(31)40-22-4-5-23-20(12-29(36)37)16-39-28(23)13-22/h4-6,8,10-11,13-15,20,27H,7,9,12,16H2,1-3H3,(H,36,37)/t20?,27-/m1/s1. The first kappa shape index (κ1) is 25.8. The molecule has 3 aromatic carbocycles. The summed E-state index contributed by atoms with van der Waals surface area (Å²) in [7, 11) is 1.68. The van der Waals surface area contributed by atoms with Crippen molar-refractivity contribution in [2.45, 2.75) is 45.1 Å². The van der Waals surface area contributed by atoms with Crippen LogP contribution in [0.5, 0.6) is 11.5 Å². The number of aromatic nitrogens is 2. The van der Waals surface area contributed by atoms with E-state index in [1.807, 2.05) is 32.0 Å². The van der Waals surface area contributed by atoms with Gasteiger partial charge < -0.3 is 19.1 Å². The van der Waals surface area contributed by atoms with Gasteiger partial charge >= 0.3 is 11.7 Å². The Labute approximate surface area is 230 Å². The molecule has 1 aromatic heterocycles. The molecular formula is C32H29FN2O5. The number of halogens is 1. The molecule has 0 spiro atoms. The average molecular weight is 541 g/mol. The largest absolute Gasteiger partial charge is 0.492 e. The number of rotatable bonds is 6. The highest BCUT2D eigenvalue weighted by atomic mass is 19.1. The summed E-state index contributed by atoms with van der Waals surface area (Å²) in [6, 6.07) is 13.0. The lowest BCUT2D eigenvalue weighted by atomic mass is 9.88. The van der Waals surface area contributed by atoms with E-state index in [9.17, 15) is 9.59 Å². The van der Waals surface area contributed by atoms with E-state index in [1.165, 1.54) is 10.6 Å². The smallest absolute Gasteiger partial charge is 0.347 e. The number of aryl methyl sites for hydroxylation is 3. The van der Waals surface area contributed by atoms with Crippen molar-refractivity contribution in [2.75, 3.05) is 6.61 Å². The fraction of sp³-hybridized carbons (Fsp3) is 0.281. The molecule has 2 atom stereocenters. The van der Waals surface area contributed by atoms with Gasteiger partial charge in [0.2, 0.25) is 0 Å². The van der Waals surface area contributed by atoms with Gasteiger partial charge in [-0.05, 0) is 72.2 Å². The van der Waals surface area contributed by atoms with Crippen LogP contribution in [0.1, 0.15) is 52.7 Å². The summed E-state index contributed by atoms with van der Waals surface area (Å²) in [5.74, 6) is -0.143. The van der Waals surface area contributed by atoms with Gasteiger partial charge in [0.1, 0.15) is 23.4 Å². The number of carbonyl (C=O) groups is 1. The predicted molar refractivity (Wildman–Crippen MR) is 148 cm³/mol. The number of fused-ring (bicyclic) bond motifs is 2. The molecule has 0 fully saturated rings. The van der Waals surface area contributed by atoms with E-state index in [1.54, 1.807) is 25.5 Å². The van der Waals surface area contributed by atoms with Gasteiger partial charge in [-0.25, -0.2) is 14.2 Å². The zero-order valence-corrected chi connectivity index (χ0v) is 22.5. The Morgan fingerprint density at radius 3 is 2.65 bits per heavy atom. The number of benzene rings is 3. The van der Waals surface area contributed by atoms with Crippen LogP contribution in [-0.2, 0) is 18.3 Å². The van der Waals surface area contributed by atoms with Crippen LogP contribution in [-0.4, -0.2) is 27.2 Å². The lowest BCUT2D eigenvalue weighted by Crippen LogP contribution is -2.18. The number of carboxylic acid groups (broad SMARTS) is 1. The quantitative estimate of drug-likeness (QED) is 0.328. The molecule has 0 radical (unpaired) electrons. The molecule has 6 rings (SSSR count). The van der Waals surface area contributed by atoms with E-state index in [0.717, 1.165) is 44.5 Å². The van der Waals surface area contributed by atoms with Crippen LogP contribution in [0.15, 0.2) is 59.7 Å². The maximum Gasteiger partial charge on any atom is 0.347 e. The first-order valence-corrected chi connectivity index (χ1v) is 13.3. The van der Waals surface area contributed by atoms with Crippen molar-refractivity contribution < 1.29 is 23.8 Å². The second kappa shape index (κ2) is 9.93. The first-order chi connectivity index (χ1) is 19.2. The lowest BCUT2D eigenvalue weighted by Gasteiger charge is -2.19. The van der Waals surface area contributed by atoms with Gasteiger partial charge in [0.05, 0.1) is 13.0 Å². The molecule has 0 amide bonds. The third-order valence-electron chi connectivity index (χ3n) is 7.93. The molecule has 40 heavy (non-hydrogen) atoms. The number of aliphatic carboxylic acids is 1. The topological polar surface area (TPSA) is 90.7 Å². The van der Waals surface area contributed by atoms with E-state index in [0.29, 0.717) is 36.5 Å². The third kappa shape index (κ3) is 4.53. The fourth-order valence-corrected chi connectivity index (χ4v) is 6.12. The highest BCUT2D eigenvalue weighted by Crippen LogP contribution is 2.45. The average Bonchev–Trinajstić information content (AvgIpc) is 3.51. The SMILES string of the molecule is Cc1cc(-c2cnc(=O)n(C)c2)cc(C)c1-c1ccc(F)c2c1CC[C@H]2Oc1ccc2c(c1)OCC2CC(=O)O. The zero-order chi connectivity index (χ0) is 28.1. The molecular weight excluding hydrogens is 511 g/mol. The minimum absolute atomic E-state index is 0.0128. The maximum atomic E-state index is 15.3. The van der Waals surface area contributed by atoms with E-state index in [4.69, 9.17) is 14.6 Å². The summed E-state index contributed by atoms with van der Waals surface area (Å²) in [6.07, 6.45) is 4.25. The maximum absolute atomic E-state index is 15.3. The predicted octanol–water partition coefficient (Wildman–Crippen LogP) is 5.89. The number of carboxylic acids is 1. The molecule has 1 aliphatic carbocycles. The lowest BCUT2D eigenvalue weighted by molar-refractivity contribution is -0.137. The second-order valence-corrected chi connectivity index (χ2v) is 10.7. The van der Waals surface area contributed by atoms with Crippen molar-refractivity contribution in [3.8, 4) is 33.8 Å². The normalized spacial score (nSPS) is 17.3. The second-order valence-electron chi connectivity index (χ2n) is 10.7. The van der Waals surface area contributed by atoms with Crippen molar-refractivity contribution in [2.24, 2.45) is 7.05 Å². The highest BCUT2D eigenvalue weighted by molar-refractivity contribution is 5.79. The van der Waals surface area contributed by atoms with E-state index >= 15 is 4.39 Å². The summed E-state index contributed by atoms with van der Waals surface area (Å²) in [4.78, 5) is 26.8. The van der Waals surface area contributed by atoms with Gasteiger partial charge in [0.15, 0.2) is 0 Å². The molecule has 4 aromatic rings. The van der Waals surface area contributed by atoms with Crippen LogP contribution in [0.2, 0.25) is 0 Å². The molecule has 8 heteroatoms. The van der Waals surface area contributed by atoms with Crippen molar-refractivity contribution in [1.29, 1.82) is 0 Å². The Kier molecular flexibility index (Phi) is 6.41. The van der Waals surface area contributed by atoms with Crippen LogP contribution < -0.4 is 15.2 Å². The molecule has 7 nitrogen and oxygen atoms in total. The molecule has 0 saturated carbocycles. The highest BCUT2D eigenvalue weighted by Gasteiger charge is 2.32. The zero-order valence-electron chi connectivity index (χ0n) is 22.5. The summed E-state index contributed by atoms with van der Waals surface area (Å²) >= 11 is 0. The molecule has 1 unspecified atom stereocenters. The molecule has 0 saturated heterocycles. The summed E-state index contributed by atoms with van der Waals surface area (Å²) in [5.41, 5.74) is 8.06. The number of nitrogens with zero attached hydrogens (tertiary/aromatic N) is 2. The van der Waals surface area contributed by atoms with Crippen molar-refractivity contribution in [1.82, 2.24) is 9.55 Å². The van der Waals surface area contributed by atoms with Crippen molar-refractivity contribution in [3.63, 3.8) is 0 Å². The van der Waals surface area contributed by atoms with Gasteiger partial charge in [0.25, 0.3) is 0 Å². The van der Waals surface area contributed by atoms with Gasteiger partial charge in [-0.15, -0.1) is 0 Å². The Hall–Kier alpha value is -4.46. The molecule has 2 aliphatic rings. The molecule has 1 N–H and O–H groups in total. The monoisotopic (exact) mass is 540 g/mol. The first-order valence-electron chi connectivity index (χ1n) is 13.3. The Morgan fingerprint density at radius 1 is 1.15 bits per heavy atom. The van der Waals surface area contributed by atoms with Crippen LogP contribution in [0.3, 0.4) is 0 Å². The van der Waals surface area contributed by atoms with Crippen LogP contribution >= 0.6 is 0 Å². The Morgan fingerprint density at radius 2 is 1.93 bits per heavy atom. The number of hydrogen-bond donors (Lipinski definition) is 1. The van der Waals surface area contributed by atoms with Crippen molar-refractivity contribution in [3.05, 3.63) is 99.0 Å². The summed E-state index contributed by atoms with van der Waals surface area (Å²) < 4.78 is 28.8. The molecule has 0 bridgehead atoms.